The Balaban J connectivity index is 1.71. The summed E-state index contributed by atoms with van der Waals surface area (Å²) in [5, 5.41) is 11.3. The molecule has 5 rings (SSSR count). The molecule has 9 heteroatoms. The van der Waals surface area contributed by atoms with Crippen LogP contribution in [0.25, 0.3) is 16.0 Å². The highest BCUT2D eigenvalue weighted by molar-refractivity contribution is 7.22. The number of thiazole rings is 1. The molecule has 3 aromatic carbocycles. The minimum absolute atomic E-state index is 0.158. The monoisotopic (exact) mass is 478 g/mol. The van der Waals surface area contributed by atoms with Crippen molar-refractivity contribution in [2.45, 2.75) is 6.04 Å². The van der Waals surface area contributed by atoms with Crippen molar-refractivity contribution in [2.75, 3.05) is 12.0 Å². The predicted molar refractivity (Wildman–Crippen MR) is 124 cm³/mol. The summed E-state index contributed by atoms with van der Waals surface area (Å²) in [4.78, 5) is 31.9. The standard InChI is InChI=1S/C25H16F2N2O4S/c1-33-17-9-4-14(5-10-17)22(30)20-21(13-2-6-15(26)7-3-13)29(24(32)23(20)31)25-28-18-11-8-16(27)12-19(18)34-25/h2-12,21,30H,1H3/b22-20+. The molecule has 34 heavy (non-hydrogen) atoms. The van der Waals surface area contributed by atoms with E-state index >= 15 is 0 Å². The molecule has 170 valence electrons. The fourth-order valence-corrected chi connectivity index (χ4v) is 4.90. The molecule has 0 radical (unpaired) electrons. The number of benzene rings is 3. The number of hydrogen-bond acceptors (Lipinski definition) is 6. The number of halogens is 2. The number of aliphatic hydroxyl groups is 1. The average molecular weight is 478 g/mol. The van der Waals surface area contributed by atoms with Crippen molar-refractivity contribution in [1.29, 1.82) is 0 Å². The van der Waals surface area contributed by atoms with Crippen LogP contribution in [0.5, 0.6) is 5.75 Å². The molecule has 0 bridgehead atoms. The molecule has 1 aliphatic heterocycles. The zero-order valence-corrected chi connectivity index (χ0v) is 18.5. The number of amides is 1. The van der Waals surface area contributed by atoms with E-state index in [0.29, 0.717) is 27.1 Å². The first kappa shape index (κ1) is 21.7. The molecular formula is C25H16F2N2O4S. The van der Waals surface area contributed by atoms with Gasteiger partial charge in [-0.25, -0.2) is 13.8 Å². The number of methoxy groups -OCH3 is 1. The van der Waals surface area contributed by atoms with Gasteiger partial charge in [-0.2, -0.15) is 0 Å². The number of anilines is 1. The van der Waals surface area contributed by atoms with E-state index in [9.17, 15) is 23.5 Å². The molecule has 1 unspecified atom stereocenters. The van der Waals surface area contributed by atoms with E-state index in [1.165, 1.54) is 49.6 Å². The Morgan fingerprint density at radius 2 is 1.68 bits per heavy atom. The molecule has 1 N–H and O–H groups in total. The minimum Gasteiger partial charge on any atom is -0.507 e. The second kappa shape index (κ2) is 8.35. The Morgan fingerprint density at radius 3 is 2.35 bits per heavy atom. The van der Waals surface area contributed by atoms with E-state index in [2.05, 4.69) is 4.98 Å². The predicted octanol–water partition coefficient (Wildman–Crippen LogP) is 5.21. The summed E-state index contributed by atoms with van der Waals surface area (Å²) in [5.74, 6) is -2.60. The van der Waals surface area contributed by atoms with Gasteiger partial charge in [0.2, 0.25) is 0 Å². The first-order chi connectivity index (χ1) is 16.4. The molecule has 1 atom stereocenters. The summed E-state index contributed by atoms with van der Waals surface area (Å²) in [6.45, 7) is 0. The van der Waals surface area contributed by atoms with Gasteiger partial charge in [0, 0.05) is 5.56 Å². The van der Waals surface area contributed by atoms with Crippen LogP contribution >= 0.6 is 11.3 Å². The van der Waals surface area contributed by atoms with Gasteiger partial charge in [-0.1, -0.05) is 23.5 Å². The topological polar surface area (TPSA) is 79.7 Å². The summed E-state index contributed by atoms with van der Waals surface area (Å²) in [6.07, 6.45) is 0. The van der Waals surface area contributed by atoms with E-state index in [-0.39, 0.29) is 16.5 Å². The maximum Gasteiger partial charge on any atom is 0.301 e. The third kappa shape index (κ3) is 3.60. The van der Waals surface area contributed by atoms with Crippen molar-refractivity contribution in [2.24, 2.45) is 0 Å². The van der Waals surface area contributed by atoms with Crippen LogP contribution in [0.2, 0.25) is 0 Å². The van der Waals surface area contributed by atoms with Crippen LogP contribution < -0.4 is 9.64 Å². The second-order valence-electron chi connectivity index (χ2n) is 7.56. The van der Waals surface area contributed by atoms with E-state index < -0.39 is 29.4 Å². The Kier molecular flexibility index (Phi) is 5.33. The maximum atomic E-state index is 13.7. The minimum atomic E-state index is -1.06. The zero-order valence-electron chi connectivity index (χ0n) is 17.7. The molecule has 1 aliphatic rings. The number of aromatic nitrogens is 1. The van der Waals surface area contributed by atoms with Gasteiger partial charge in [0.25, 0.3) is 5.78 Å². The third-order valence-electron chi connectivity index (χ3n) is 5.54. The third-order valence-corrected chi connectivity index (χ3v) is 6.56. The first-order valence-electron chi connectivity index (χ1n) is 10.1. The smallest absolute Gasteiger partial charge is 0.301 e. The lowest BCUT2D eigenvalue weighted by atomic mass is 9.95. The van der Waals surface area contributed by atoms with Gasteiger partial charge in [0.1, 0.15) is 23.1 Å². The molecule has 1 aromatic heterocycles. The Bertz CT molecular complexity index is 1460. The Morgan fingerprint density at radius 1 is 1.00 bits per heavy atom. The van der Waals surface area contributed by atoms with Gasteiger partial charge in [-0.3, -0.25) is 14.5 Å². The van der Waals surface area contributed by atoms with E-state index in [4.69, 9.17) is 4.74 Å². The molecule has 4 aromatic rings. The summed E-state index contributed by atoms with van der Waals surface area (Å²) < 4.78 is 33.0. The number of carbonyl (C=O) groups is 2. The summed E-state index contributed by atoms with van der Waals surface area (Å²) in [6, 6.07) is 14.6. The fraction of sp³-hybridized carbons (Fsp3) is 0.0800. The fourth-order valence-electron chi connectivity index (χ4n) is 3.88. The van der Waals surface area contributed by atoms with Crippen molar-refractivity contribution in [3.8, 4) is 5.75 Å². The van der Waals surface area contributed by atoms with E-state index in [1.807, 2.05) is 0 Å². The first-order valence-corrected chi connectivity index (χ1v) is 11.0. The molecule has 1 fully saturated rings. The van der Waals surface area contributed by atoms with Gasteiger partial charge in [0.05, 0.1) is 28.9 Å². The maximum absolute atomic E-state index is 13.7. The van der Waals surface area contributed by atoms with E-state index in [0.717, 1.165) is 16.2 Å². The molecule has 0 spiro atoms. The van der Waals surface area contributed by atoms with Gasteiger partial charge in [0.15, 0.2) is 5.13 Å². The largest absolute Gasteiger partial charge is 0.507 e. The summed E-state index contributed by atoms with van der Waals surface area (Å²) >= 11 is 1.04. The van der Waals surface area contributed by atoms with Gasteiger partial charge in [-0.05, 0) is 60.2 Å². The number of ketones is 1. The van der Waals surface area contributed by atoms with Gasteiger partial charge >= 0.3 is 5.91 Å². The quantitative estimate of drug-likeness (QED) is 0.248. The van der Waals surface area contributed by atoms with Gasteiger partial charge in [-0.15, -0.1) is 0 Å². The van der Waals surface area contributed by atoms with Crippen molar-refractivity contribution in [3.05, 3.63) is 95.1 Å². The van der Waals surface area contributed by atoms with Crippen LogP contribution in [0, 0.1) is 11.6 Å². The highest BCUT2D eigenvalue weighted by Gasteiger charge is 2.48. The van der Waals surface area contributed by atoms with Crippen LogP contribution in [0.4, 0.5) is 13.9 Å². The highest BCUT2D eigenvalue weighted by atomic mass is 32.1. The van der Waals surface area contributed by atoms with Gasteiger partial charge < -0.3 is 9.84 Å². The average Bonchev–Trinajstić information content (AvgIpc) is 3.37. The van der Waals surface area contributed by atoms with Crippen LogP contribution in [0.15, 0.2) is 72.3 Å². The lowest BCUT2D eigenvalue weighted by molar-refractivity contribution is -0.132. The number of carbonyl (C=O) groups excluding carboxylic acids is 2. The number of nitrogens with zero attached hydrogens (tertiary/aromatic N) is 2. The van der Waals surface area contributed by atoms with Crippen molar-refractivity contribution in [3.63, 3.8) is 0 Å². The van der Waals surface area contributed by atoms with Crippen LogP contribution in [0.3, 0.4) is 0 Å². The number of fused-ring (bicyclic) bond motifs is 1. The van der Waals surface area contributed by atoms with Crippen molar-refractivity contribution >= 4 is 44.1 Å². The summed E-state index contributed by atoms with van der Waals surface area (Å²) in [5.41, 5.74) is 1.00. The Hall–Kier alpha value is -4.11. The number of rotatable bonds is 4. The molecule has 0 saturated carbocycles. The number of hydrogen-bond donors (Lipinski definition) is 1. The second-order valence-corrected chi connectivity index (χ2v) is 8.57. The molecule has 0 aliphatic carbocycles. The van der Waals surface area contributed by atoms with E-state index in [1.54, 1.807) is 24.3 Å². The zero-order chi connectivity index (χ0) is 24.0. The number of ether oxygens (including phenoxy) is 1. The lowest BCUT2D eigenvalue weighted by Gasteiger charge is -2.23. The molecule has 2 heterocycles. The molecule has 1 saturated heterocycles. The Labute approximate surface area is 196 Å². The lowest BCUT2D eigenvalue weighted by Crippen LogP contribution is -2.29. The normalized spacial score (nSPS) is 17.5. The van der Waals surface area contributed by atoms with Crippen molar-refractivity contribution in [1.82, 2.24) is 4.98 Å². The SMILES string of the molecule is COc1ccc(/C(O)=C2\C(=O)C(=O)N(c3nc4ccc(F)cc4s3)C2c2ccc(F)cc2)cc1. The van der Waals surface area contributed by atoms with Crippen molar-refractivity contribution < 1.29 is 28.2 Å². The molecule has 6 nitrogen and oxygen atoms in total. The van der Waals surface area contributed by atoms with Crippen LogP contribution in [-0.2, 0) is 9.59 Å². The van der Waals surface area contributed by atoms with Crippen LogP contribution in [0.1, 0.15) is 17.2 Å². The summed E-state index contributed by atoms with van der Waals surface area (Å²) in [7, 11) is 1.50. The number of aliphatic hydroxyl groups excluding tert-OH is 1. The number of Topliss-reactive ketones (excluding diaryl/α,β-unsaturated/α-hetero) is 1. The molecular weight excluding hydrogens is 462 g/mol. The highest BCUT2D eigenvalue weighted by Crippen LogP contribution is 2.44. The molecule has 1 amide bonds. The van der Waals surface area contributed by atoms with Crippen LogP contribution in [-0.4, -0.2) is 28.9 Å².